The molecule has 9 heavy (non-hydrogen) atoms. The zero-order valence-corrected chi connectivity index (χ0v) is 6.76. The van der Waals surface area contributed by atoms with Gasteiger partial charge in [-0.15, -0.1) is 0 Å². The van der Waals surface area contributed by atoms with Crippen molar-refractivity contribution in [1.82, 2.24) is 9.78 Å². The van der Waals surface area contributed by atoms with Gasteiger partial charge < -0.3 is 0 Å². The van der Waals surface area contributed by atoms with Crippen molar-refractivity contribution in [1.29, 1.82) is 0 Å². The smallest absolute Gasteiger partial charge is 0.0577 e. The van der Waals surface area contributed by atoms with E-state index in [-0.39, 0.29) is 0 Å². The average molecular weight is 142 g/mol. The molecular weight excluding hydrogens is 131 g/mol. The van der Waals surface area contributed by atoms with Gasteiger partial charge in [-0.05, 0) is 19.7 Å². The number of hydrogen-bond acceptors (Lipinski definition) is 1. The summed E-state index contributed by atoms with van der Waals surface area (Å²) in [5, 5.41) is 4.13. The number of aryl methyl sites for hydroxylation is 1. The van der Waals surface area contributed by atoms with Gasteiger partial charge in [0.15, 0.2) is 0 Å². The Labute approximate surface area is 57.0 Å². The molecule has 1 unspecified atom stereocenters. The maximum atomic E-state index is 4.13. The molecule has 3 heteroatoms. The third-order valence-electron chi connectivity index (χ3n) is 1.27. The van der Waals surface area contributed by atoms with E-state index in [1.54, 1.807) is 0 Å². The molecule has 1 rings (SSSR count). The average Bonchev–Trinajstić information content (AvgIpc) is 2.33. The first-order valence-electron chi connectivity index (χ1n) is 3.08. The molecule has 1 atom stereocenters. The van der Waals surface area contributed by atoms with Crippen LogP contribution in [-0.2, 0) is 6.54 Å². The minimum absolute atomic E-state index is 0.861. The Bertz CT molecular complexity index is 164. The predicted molar refractivity (Wildman–Crippen MR) is 41.8 cm³/mol. The third-order valence-corrected chi connectivity index (χ3v) is 2.21. The van der Waals surface area contributed by atoms with Crippen LogP contribution in [0, 0.1) is 0 Å². The fourth-order valence-corrected chi connectivity index (χ4v) is 1.51. The molecule has 0 aliphatic heterocycles. The second kappa shape index (κ2) is 2.98. The summed E-state index contributed by atoms with van der Waals surface area (Å²) in [4.78, 5) is 0. The lowest BCUT2D eigenvalue weighted by Gasteiger charge is -1.98. The van der Waals surface area contributed by atoms with Gasteiger partial charge in [0.1, 0.15) is 0 Å². The van der Waals surface area contributed by atoms with Crippen LogP contribution in [0.5, 0.6) is 0 Å². The Morgan fingerprint density at radius 3 is 3.00 bits per heavy atom. The van der Waals surface area contributed by atoms with Crippen molar-refractivity contribution in [3.05, 3.63) is 12.3 Å². The molecular formula is C6H11N2P. The van der Waals surface area contributed by atoms with E-state index in [4.69, 9.17) is 0 Å². The quantitative estimate of drug-likeness (QED) is 0.559. The Hall–Kier alpha value is -0.360. The van der Waals surface area contributed by atoms with E-state index in [1.807, 2.05) is 10.9 Å². The molecule has 1 heterocycles. The summed E-state index contributed by atoms with van der Waals surface area (Å²) in [5.41, 5.74) is 1.34. The van der Waals surface area contributed by atoms with Gasteiger partial charge in [-0.25, -0.2) is 0 Å². The van der Waals surface area contributed by atoms with E-state index in [9.17, 15) is 0 Å². The van der Waals surface area contributed by atoms with Crippen LogP contribution in [0.4, 0.5) is 0 Å². The first-order valence-corrected chi connectivity index (χ1v) is 4.58. The highest BCUT2D eigenvalue weighted by Gasteiger charge is 1.93. The van der Waals surface area contributed by atoms with Crippen molar-refractivity contribution in [2.24, 2.45) is 0 Å². The fourth-order valence-electron chi connectivity index (χ4n) is 0.797. The first-order chi connectivity index (χ1) is 4.38. The Morgan fingerprint density at radius 1 is 1.78 bits per heavy atom. The van der Waals surface area contributed by atoms with Crippen LogP contribution >= 0.6 is 8.58 Å². The second-order valence-corrected chi connectivity index (χ2v) is 2.79. The topological polar surface area (TPSA) is 17.8 Å². The van der Waals surface area contributed by atoms with Gasteiger partial charge in [-0.2, -0.15) is 5.10 Å². The van der Waals surface area contributed by atoms with E-state index in [1.165, 1.54) is 5.44 Å². The normalized spacial score (nSPS) is 11.3. The Kier molecular flexibility index (Phi) is 2.23. The lowest BCUT2D eigenvalue weighted by molar-refractivity contribution is 0.678. The van der Waals surface area contributed by atoms with Crippen LogP contribution in [0.1, 0.15) is 6.92 Å². The SMILES string of the molecule is CCn1nccc1PC. The maximum Gasteiger partial charge on any atom is 0.0577 e. The number of hydrogen-bond donors (Lipinski definition) is 0. The van der Waals surface area contributed by atoms with E-state index in [2.05, 4.69) is 24.8 Å². The molecule has 1 aromatic heterocycles. The van der Waals surface area contributed by atoms with Crippen molar-refractivity contribution >= 4 is 14.0 Å². The van der Waals surface area contributed by atoms with Crippen LogP contribution in [-0.4, -0.2) is 16.4 Å². The van der Waals surface area contributed by atoms with E-state index in [0.717, 1.165) is 15.1 Å². The minimum atomic E-state index is 0.861. The van der Waals surface area contributed by atoms with Crippen molar-refractivity contribution in [2.75, 3.05) is 6.66 Å². The summed E-state index contributed by atoms with van der Waals surface area (Å²) < 4.78 is 2.03. The Balaban J connectivity index is 2.85. The standard InChI is InChI=1S/C6H11N2P/c1-3-8-6(9-2)4-5-7-8/h4-5,9H,3H2,1-2H3. The van der Waals surface area contributed by atoms with Crippen molar-refractivity contribution < 1.29 is 0 Å². The van der Waals surface area contributed by atoms with Crippen LogP contribution in [0.2, 0.25) is 0 Å². The summed E-state index contributed by atoms with van der Waals surface area (Å²) in [7, 11) is 0.861. The van der Waals surface area contributed by atoms with Crippen LogP contribution in [0.15, 0.2) is 12.3 Å². The second-order valence-electron chi connectivity index (χ2n) is 1.78. The van der Waals surface area contributed by atoms with Crippen LogP contribution in [0.3, 0.4) is 0 Å². The lowest BCUT2D eigenvalue weighted by Crippen LogP contribution is -2.10. The lowest BCUT2D eigenvalue weighted by atomic mass is 10.7. The molecule has 0 radical (unpaired) electrons. The van der Waals surface area contributed by atoms with E-state index >= 15 is 0 Å². The maximum absolute atomic E-state index is 4.13. The van der Waals surface area contributed by atoms with Gasteiger partial charge >= 0.3 is 0 Å². The third kappa shape index (κ3) is 1.31. The van der Waals surface area contributed by atoms with Crippen LogP contribution < -0.4 is 5.44 Å². The highest BCUT2D eigenvalue weighted by Crippen LogP contribution is 2.01. The summed E-state index contributed by atoms with van der Waals surface area (Å²) in [6.45, 7) is 5.27. The summed E-state index contributed by atoms with van der Waals surface area (Å²) in [6, 6.07) is 2.07. The first kappa shape index (κ1) is 6.76. The molecule has 2 nitrogen and oxygen atoms in total. The van der Waals surface area contributed by atoms with Gasteiger partial charge in [-0.1, -0.05) is 8.58 Å². The highest BCUT2D eigenvalue weighted by molar-refractivity contribution is 7.46. The van der Waals surface area contributed by atoms with E-state index < -0.39 is 0 Å². The van der Waals surface area contributed by atoms with E-state index in [0.29, 0.717) is 0 Å². The zero-order chi connectivity index (χ0) is 6.69. The van der Waals surface area contributed by atoms with Gasteiger partial charge in [0, 0.05) is 12.7 Å². The molecule has 0 aromatic carbocycles. The van der Waals surface area contributed by atoms with Gasteiger partial charge in [-0.3, -0.25) is 4.68 Å². The van der Waals surface area contributed by atoms with Crippen molar-refractivity contribution in [2.45, 2.75) is 13.5 Å². The predicted octanol–water partition coefficient (Wildman–Crippen LogP) is 0.837. The molecule has 0 bridgehead atoms. The molecule has 0 aliphatic carbocycles. The largest absolute Gasteiger partial charge is 0.266 e. The molecule has 0 N–H and O–H groups in total. The van der Waals surface area contributed by atoms with Gasteiger partial charge in [0.25, 0.3) is 0 Å². The number of rotatable bonds is 2. The fraction of sp³-hybridized carbons (Fsp3) is 0.500. The summed E-state index contributed by atoms with van der Waals surface area (Å²) >= 11 is 0. The van der Waals surface area contributed by atoms with Crippen molar-refractivity contribution in [3.63, 3.8) is 0 Å². The van der Waals surface area contributed by atoms with Crippen LogP contribution in [0.25, 0.3) is 0 Å². The van der Waals surface area contributed by atoms with Gasteiger partial charge in [0.05, 0.1) is 5.44 Å². The molecule has 0 saturated carbocycles. The highest BCUT2D eigenvalue weighted by atomic mass is 31.1. The monoisotopic (exact) mass is 142 g/mol. The Morgan fingerprint density at radius 2 is 2.56 bits per heavy atom. The molecule has 0 amide bonds. The zero-order valence-electron chi connectivity index (χ0n) is 5.76. The molecule has 0 fully saturated rings. The minimum Gasteiger partial charge on any atom is -0.266 e. The summed E-state index contributed by atoms with van der Waals surface area (Å²) in [6.07, 6.45) is 1.86. The molecule has 50 valence electrons. The molecule has 0 saturated heterocycles. The number of nitrogens with zero attached hydrogens (tertiary/aromatic N) is 2. The number of aromatic nitrogens is 2. The van der Waals surface area contributed by atoms with Gasteiger partial charge in [0.2, 0.25) is 0 Å². The molecule has 0 spiro atoms. The van der Waals surface area contributed by atoms with Crippen molar-refractivity contribution in [3.8, 4) is 0 Å². The molecule has 0 aliphatic rings. The molecule has 1 aromatic rings. The summed E-state index contributed by atoms with van der Waals surface area (Å²) in [5.74, 6) is 0.